The van der Waals surface area contributed by atoms with Gasteiger partial charge in [-0.3, -0.25) is 0 Å². The Kier molecular flexibility index (Phi) is 7.74. The van der Waals surface area contributed by atoms with Crippen LogP contribution in [-0.2, 0) is 6.54 Å². The summed E-state index contributed by atoms with van der Waals surface area (Å²) in [6.45, 7) is 3.00. The first-order chi connectivity index (χ1) is 12.8. The van der Waals surface area contributed by atoms with Crippen LogP contribution in [0.2, 0.25) is 0 Å². The fraction of sp³-hybridized carbons (Fsp3) is 0.0833. The van der Waals surface area contributed by atoms with Crippen molar-refractivity contribution in [1.82, 2.24) is 0 Å². The van der Waals surface area contributed by atoms with E-state index in [4.69, 9.17) is 0 Å². The summed E-state index contributed by atoms with van der Waals surface area (Å²) in [6.07, 6.45) is 8.52. The highest BCUT2D eigenvalue weighted by atomic mass is 35.5. The molecule has 0 atom stereocenters. The van der Waals surface area contributed by atoms with Gasteiger partial charge in [0.05, 0.1) is 0 Å². The number of aryl methyl sites for hydroxylation is 1. The zero-order valence-corrected chi connectivity index (χ0v) is 17.2. The molecule has 0 aliphatic heterocycles. The molecule has 0 N–H and O–H groups in total. The minimum atomic E-state index is 0. The Morgan fingerprint density at radius 2 is 1.14 bits per heavy atom. The molecule has 4 heteroatoms. The minimum Gasteiger partial charge on any atom is -1.00 e. The highest BCUT2D eigenvalue weighted by Gasteiger charge is 2.08. The molecule has 0 amide bonds. The minimum absolute atomic E-state index is 0. The summed E-state index contributed by atoms with van der Waals surface area (Å²) in [6, 6.07) is 27.8. The molecular formula is C24H22Cl2N2. The summed E-state index contributed by atoms with van der Waals surface area (Å²) in [4.78, 5) is 0. The number of hydrogen-bond donors (Lipinski definition) is 0. The van der Waals surface area contributed by atoms with Crippen LogP contribution in [0.1, 0.15) is 11.1 Å². The maximum absolute atomic E-state index is 2.20. The van der Waals surface area contributed by atoms with E-state index in [0.717, 1.165) is 6.54 Å². The van der Waals surface area contributed by atoms with E-state index in [2.05, 4.69) is 120 Å². The predicted molar refractivity (Wildman–Crippen MR) is 104 cm³/mol. The Balaban J connectivity index is 0.00000140. The monoisotopic (exact) mass is 408 g/mol. The summed E-state index contributed by atoms with van der Waals surface area (Å²) in [5.74, 6) is 0. The standard InChI is InChI=1S/C24H22N2.2ClH/c1-20-7-9-24(10-8-20)26-17-13-23(14-18-26)22-11-15-25(16-12-22)19-21-5-3-2-4-6-21;;/h2-18H,19H2,1H3;2*1H/q+2;;/p-2. The van der Waals surface area contributed by atoms with Crippen LogP contribution in [0.4, 0.5) is 0 Å². The second kappa shape index (κ2) is 10.0. The van der Waals surface area contributed by atoms with Gasteiger partial charge >= 0.3 is 0 Å². The van der Waals surface area contributed by atoms with Gasteiger partial charge in [0.25, 0.3) is 0 Å². The molecular weight excluding hydrogens is 387 g/mol. The molecule has 0 fully saturated rings. The second-order valence-corrected chi connectivity index (χ2v) is 6.57. The third kappa shape index (κ3) is 5.19. The fourth-order valence-corrected chi connectivity index (χ4v) is 3.06. The number of benzene rings is 2. The molecule has 2 aromatic carbocycles. The van der Waals surface area contributed by atoms with Crippen molar-refractivity contribution in [3.63, 3.8) is 0 Å². The molecule has 28 heavy (non-hydrogen) atoms. The van der Waals surface area contributed by atoms with Crippen molar-refractivity contribution >= 4 is 0 Å². The molecule has 0 aliphatic rings. The lowest BCUT2D eigenvalue weighted by molar-refractivity contribution is -0.688. The number of pyridine rings is 2. The highest BCUT2D eigenvalue weighted by Crippen LogP contribution is 2.16. The van der Waals surface area contributed by atoms with E-state index in [1.54, 1.807) is 0 Å². The predicted octanol–water partition coefficient (Wildman–Crippen LogP) is -1.72. The normalized spacial score (nSPS) is 9.89. The van der Waals surface area contributed by atoms with Gasteiger partial charge in [0.15, 0.2) is 31.3 Å². The number of rotatable bonds is 4. The van der Waals surface area contributed by atoms with Gasteiger partial charge in [0.2, 0.25) is 5.69 Å². The van der Waals surface area contributed by atoms with Gasteiger partial charge in [-0.05, 0) is 18.1 Å². The third-order valence-electron chi connectivity index (χ3n) is 4.59. The van der Waals surface area contributed by atoms with E-state index < -0.39 is 0 Å². The molecule has 2 heterocycles. The lowest BCUT2D eigenvalue weighted by Crippen LogP contribution is -3.00. The van der Waals surface area contributed by atoms with Crippen molar-refractivity contribution in [1.29, 1.82) is 0 Å². The molecule has 0 unspecified atom stereocenters. The fourth-order valence-electron chi connectivity index (χ4n) is 3.06. The number of hydrogen-bond acceptors (Lipinski definition) is 0. The Morgan fingerprint density at radius 3 is 1.71 bits per heavy atom. The van der Waals surface area contributed by atoms with Crippen LogP contribution in [0, 0.1) is 6.92 Å². The molecule has 4 aromatic rings. The summed E-state index contributed by atoms with van der Waals surface area (Å²) >= 11 is 0. The lowest BCUT2D eigenvalue weighted by Gasteiger charge is -2.02. The van der Waals surface area contributed by atoms with Crippen LogP contribution in [-0.4, -0.2) is 0 Å². The lowest BCUT2D eigenvalue weighted by atomic mass is 10.1. The summed E-state index contributed by atoms with van der Waals surface area (Å²) in [5.41, 5.74) is 6.21. The van der Waals surface area contributed by atoms with Crippen LogP contribution in [0.15, 0.2) is 104 Å². The Morgan fingerprint density at radius 1 is 0.607 bits per heavy atom. The average molecular weight is 409 g/mol. The van der Waals surface area contributed by atoms with E-state index in [1.807, 2.05) is 0 Å². The van der Waals surface area contributed by atoms with Crippen LogP contribution in [0.5, 0.6) is 0 Å². The molecule has 0 spiro atoms. The van der Waals surface area contributed by atoms with Crippen molar-refractivity contribution in [3.05, 3.63) is 115 Å². The van der Waals surface area contributed by atoms with Gasteiger partial charge in [-0.2, -0.15) is 4.57 Å². The highest BCUT2D eigenvalue weighted by molar-refractivity contribution is 5.61. The summed E-state index contributed by atoms with van der Waals surface area (Å²) in [5, 5.41) is 0. The first-order valence-electron chi connectivity index (χ1n) is 8.90. The smallest absolute Gasteiger partial charge is 0.210 e. The average Bonchev–Trinajstić information content (AvgIpc) is 2.70. The van der Waals surface area contributed by atoms with Crippen molar-refractivity contribution in [2.45, 2.75) is 13.5 Å². The Bertz CT molecular complexity index is 981. The van der Waals surface area contributed by atoms with Crippen LogP contribution < -0.4 is 33.9 Å². The topological polar surface area (TPSA) is 7.76 Å². The van der Waals surface area contributed by atoms with Crippen molar-refractivity contribution < 1.29 is 33.9 Å². The SMILES string of the molecule is Cc1ccc(-[n+]2ccc(-c3cc[n+](Cc4ccccc4)cc3)cc2)cc1.[Cl-].[Cl-]. The quantitative estimate of drug-likeness (QED) is 0.355. The Labute approximate surface area is 178 Å². The first kappa shape index (κ1) is 21.6. The molecule has 2 nitrogen and oxygen atoms in total. The van der Waals surface area contributed by atoms with Crippen LogP contribution in [0.3, 0.4) is 0 Å². The second-order valence-electron chi connectivity index (χ2n) is 6.57. The summed E-state index contributed by atoms with van der Waals surface area (Å²) in [7, 11) is 0. The summed E-state index contributed by atoms with van der Waals surface area (Å²) < 4.78 is 4.34. The van der Waals surface area contributed by atoms with Crippen molar-refractivity contribution in [2.24, 2.45) is 0 Å². The first-order valence-corrected chi connectivity index (χ1v) is 8.90. The zero-order chi connectivity index (χ0) is 17.8. The molecule has 4 rings (SSSR count). The third-order valence-corrected chi connectivity index (χ3v) is 4.59. The molecule has 0 bridgehead atoms. The molecule has 0 aliphatic carbocycles. The zero-order valence-electron chi connectivity index (χ0n) is 15.7. The maximum Gasteiger partial charge on any atom is 0.210 e. The number of nitrogens with zero attached hydrogens (tertiary/aromatic N) is 2. The number of halogens is 2. The van der Waals surface area contributed by atoms with E-state index >= 15 is 0 Å². The van der Waals surface area contributed by atoms with Crippen LogP contribution >= 0.6 is 0 Å². The van der Waals surface area contributed by atoms with Crippen molar-refractivity contribution in [3.8, 4) is 16.8 Å². The van der Waals surface area contributed by atoms with Gasteiger partial charge in [-0.1, -0.05) is 48.0 Å². The van der Waals surface area contributed by atoms with Crippen molar-refractivity contribution in [2.75, 3.05) is 0 Å². The Hall–Kier alpha value is -2.68. The van der Waals surface area contributed by atoms with E-state index in [1.165, 1.54) is 27.9 Å². The van der Waals surface area contributed by atoms with Gasteiger partial charge in [-0.25, -0.2) is 4.57 Å². The van der Waals surface area contributed by atoms with Gasteiger partial charge in [0, 0.05) is 42.0 Å². The maximum atomic E-state index is 2.20. The van der Waals surface area contributed by atoms with Gasteiger partial charge in [-0.15, -0.1) is 0 Å². The van der Waals surface area contributed by atoms with Gasteiger partial charge < -0.3 is 24.8 Å². The van der Waals surface area contributed by atoms with Gasteiger partial charge in [0.1, 0.15) is 0 Å². The van der Waals surface area contributed by atoms with Crippen LogP contribution in [0.25, 0.3) is 16.8 Å². The molecule has 142 valence electrons. The molecule has 0 saturated carbocycles. The molecule has 0 saturated heterocycles. The van der Waals surface area contributed by atoms with E-state index in [9.17, 15) is 0 Å². The van der Waals surface area contributed by atoms with E-state index in [0.29, 0.717) is 0 Å². The van der Waals surface area contributed by atoms with E-state index in [-0.39, 0.29) is 24.8 Å². The molecule has 2 aromatic heterocycles. The number of aromatic nitrogens is 2. The molecule has 0 radical (unpaired) electrons. The largest absolute Gasteiger partial charge is 1.00 e.